The average Bonchev–Trinajstić information content (AvgIpc) is 2.62. The molecule has 0 amide bonds. The van der Waals surface area contributed by atoms with Gasteiger partial charge in [0.2, 0.25) is 0 Å². The van der Waals surface area contributed by atoms with E-state index in [0.717, 1.165) is 12.0 Å². The number of hydrogen-bond acceptors (Lipinski definition) is 3. The van der Waals surface area contributed by atoms with Gasteiger partial charge in [-0.3, -0.25) is 0 Å². The van der Waals surface area contributed by atoms with Gasteiger partial charge in [0.1, 0.15) is 0 Å². The molecule has 24 heavy (non-hydrogen) atoms. The Morgan fingerprint density at radius 3 is 2.75 bits per heavy atom. The average molecular weight is 347 g/mol. The molecule has 134 valence electrons. The number of piperidine rings is 1. The number of hydrogen-bond donors (Lipinski definition) is 0. The molecular weight excluding hydrogens is 312 g/mol. The molecule has 0 radical (unpaired) electrons. The van der Waals surface area contributed by atoms with E-state index >= 15 is 0 Å². The van der Waals surface area contributed by atoms with Crippen molar-refractivity contribution < 1.29 is 0 Å². The van der Waals surface area contributed by atoms with Gasteiger partial charge in [0.05, 0.1) is 0 Å². The summed E-state index contributed by atoms with van der Waals surface area (Å²) in [5.74, 6) is 3.60. The smallest absolute Gasteiger partial charge is 0.0108 e. The standard InChI is InChI=1S/C21H34N2S/c1-18-6-3-4-8-20(18)9-13-23-12-5-7-19(17-23)16-22(2)21-10-14-24-15-11-21/h3-4,6,8,19,21H,5,7,9-17H2,1-2H3/t19-/m0/s1. The number of rotatable bonds is 6. The largest absolute Gasteiger partial charge is 0.303 e. The molecule has 1 aromatic carbocycles. The van der Waals surface area contributed by atoms with E-state index in [1.807, 2.05) is 0 Å². The molecule has 1 aromatic rings. The Morgan fingerprint density at radius 1 is 1.17 bits per heavy atom. The van der Waals surface area contributed by atoms with Crippen LogP contribution >= 0.6 is 11.8 Å². The maximum atomic E-state index is 2.71. The van der Waals surface area contributed by atoms with Crippen LogP contribution in [0.4, 0.5) is 0 Å². The SMILES string of the molecule is Cc1ccccc1CCN1CCC[C@@H](CN(C)C2CCSCC2)C1. The number of benzene rings is 1. The summed E-state index contributed by atoms with van der Waals surface area (Å²) in [6, 6.07) is 9.71. The summed E-state index contributed by atoms with van der Waals surface area (Å²) in [4.78, 5) is 5.39. The number of likely N-dealkylation sites (tertiary alicyclic amines) is 1. The van der Waals surface area contributed by atoms with Gasteiger partial charge in [-0.2, -0.15) is 11.8 Å². The molecule has 0 saturated carbocycles. The molecule has 2 nitrogen and oxygen atoms in total. The summed E-state index contributed by atoms with van der Waals surface area (Å²) >= 11 is 2.13. The van der Waals surface area contributed by atoms with Gasteiger partial charge in [0.15, 0.2) is 0 Å². The molecule has 2 aliphatic heterocycles. The first-order valence-corrected chi connectivity index (χ1v) is 10.9. The summed E-state index contributed by atoms with van der Waals surface area (Å²) in [7, 11) is 2.37. The third-order valence-electron chi connectivity index (χ3n) is 5.92. The van der Waals surface area contributed by atoms with E-state index in [1.165, 1.54) is 80.9 Å². The highest BCUT2D eigenvalue weighted by Gasteiger charge is 2.24. The van der Waals surface area contributed by atoms with Crippen LogP contribution in [0.1, 0.15) is 36.8 Å². The topological polar surface area (TPSA) is 6.48 Å². The van der Waals surface area contributed by atoms with Crippen LogP contribution in [-0.2, 0) is 6.42 Å². The van der Waals surface area contributed by atoms with Gasteiger partial charge < -0.3 is 9.80 Å². The molecule has 0 unspecified atom stereocenters. The minimum Gasteiger partial charge on any atom is -0.303 e. The van der Waals surface area contributed by atoms with Crippen LogP contribution in [0, 0.1) is 12.8 Å². The molecule has 3 rings (SSSR count). The Kier molecular flexibility index (Phi) is 7.06. The normalized spacial score (nSPS) is 23.7. The first-order valence-electron chi connectivity index (χ1n) is 9.77. The fourth-order valence-corrected chi connectivity index (χ4v) is 5.44. The third kappa shape index (κ3) is 5.24. The van der Waals surface area contributed by atoms with Gasteiger partial charge in [0, 0.05) is 25.7 Å². The monoisotopic (exact) mass is 346 g/mol. The zero-order valence-corrected chi connectivity index (χ0v) is 16.4. The van der Waals surface area contributed by atoms with Crippen LogP contribution < -0.4 is 0 Å². The van der Waals surface area contributed by atoms with E-state index in [0.29, 0.717) is 0 Å². The van der Waals surface area contributed by atoms with Crippen LogP contribution in [0.25, 0.3) is 0 Å². The van der Waals surface area contributed by atoms with E-state index in [-0.39, 0.29) is 0 Å². The fourth-order valence-electron chi connectivity index (χ4n) is 4.35. The lowest BCUT2D eigenvalue weighted by Gasteiger charge is -2.38. The van der Waals surface area contributed by atoms with Crippen LogP contribution in [0.3, 0.4) is 0 Å². The van der Waals surface area contributed by atoms with Gasteiger partial charge >= 0.3 is 0 Å². The van der Waals surface area contributed by atoms with Crippen LogP contribution in [-0.4, -0.2) is 60.6 Å². The Labute approximate surface area is 153 Å². The second kappa shape index (κ2) is 9.26. The zero-order valence-electron chi connectivity index (χ0n) is 15.5. The molecule has 0 N–H and O–H groups in total. The Morgan fingerprint density at radius 2 is 1.96 bits per heavy atom. The number of nitrogens with zero attached hydrogens (tertiary/aromatic N) is 2. The Hall–Kier alpha value is -0.510. The molecule has 0 bridgehead atoms. The second-order valence-electron chi connectivity index (χ2n) is 7.77. The fraction of sp³-hybridized carbons (Fsp3) is 0.714. The summed E-state index contributed by atoms with van der Waals surface area (Å²) in [5, 5.41) is 0. The van der Waals surface area contributed by atoms with Crippen LogP contribution in [0.2, 0.25) is 0 Å². The van der Waals surface area contributed by atoms with Crippen molar-refractivity contribution in [1.82, 2.24) is 9.80 Å². The van der Waals surface area contributed by atoms with Gasteiger partial charge in [-0.15, -0.1) is 0 Å². The number of aryl methyl sites for hydroxylation is 1. The maximum Gasteiger partial charge on any atom is 0.0108 e. The van der Waals surface area contributed by atoms with Crippen molar-refractivity contribution in [2.45, 2.75) is 45.1 Å². The van der Waals surface area contributed by atoms with E-state index in [9.17, 15) is 0 Å². The lowest BCUT2D eigenvalue weighted by atomic mass is 9.95. The maximum absolute atomic E-state index is 2.71. The summed E-state index contributed by atoms with van der Waals surface area (Å²) in [6.07, 6.45) is 6.80. The lowest BCUT2D eigenvalue weighted by molar-refractivity contribution is 0.123. The highest BCUT2D eigenvalue weighted by molar-refractivity contribution is 7.99. The van der Waals surface area contributed by atoms with E-state index in [1.54, 1.807) is 0 Å². The van der Waals surface area contributed by atoms with Gasteiger partial charge in [-0.1, -0.05) is 24.3 Å². The second-order valence-corrected chi connectivity index (χ2v) is 8.99. The minimum absolute atomic E-state index is 0.841. The predicted molar refractivity (Wildman–Crippen MR) is 107 cm³/mol. The molecule has 2 aliphatic rings. The van der Waals surface area contributed by atoms with Gasteiger partial charge in [-0.25, -0.2) is 0 Å². The summed E-state index contributed by atoms with van der Waals surface area (Å²) < 4.78 is 0. The third-order valence-corrected chi connectivity index (χ3v) is 6.97. The molecular formula is C21H34N2S. The molecule has 0 aliphatic carbocycles. The first kappa shape index (κ1) is 18.3. The minimum atomic E-state index is 0.841. The molecule has 0 spiro atoms. The van der Waals surface area contributed by atoms with Crippen molar-refractivity contribution >= 4 is 11.8 Å². The highest BCUT2D eigenvalue weighted by Crippen LogP contribution is 2.24. The predicted octanol–water partition coefficient (Wildman–Crippen LogP) is 4.08. The van der Waals surface area contributed by atoms with Crippen molar-refractivity contribution in [3.63, 3.8) is 0 Å². The Balaban J connectivity index is 1.44. The molecule has 2 heterocycles. The van der Waals surface area contributed by atoms with Crippen molar-refractivity contribution in [2.24, 2.45) is 5.92 Å². The van der Waals surface area contributed by atoms with E-state index in [4.69, 9.17) is 0 Å². The molecule has 0 aromatic heterocycles. The molecule has 1 atom stereocenters. The van der Waals surface area contributed by atoms with Gasteiger partial charge in [0.25, 0.3) is 0 Å². The molecule has 2 fully saturated rings. The van der Waals surface area contributed by atoms with Crippen molar-refractivity contribution in [2.75, 3.05) is 44.7 Å². The van der Waals surface area contributed by atoms with Crippen molar-refractivity contribution in [3.05, 3.63) is 35.4 Å². The van der Waals surface area contributed by atoms with E-state index in [2.05, 4.69) is 59.8 Å². The summed E-state index contributed by atoms with van der Waals surface area (Å²) in [6.45, 7) is 7.37. The van der Waals surface area contributed by atoms with Crippen LogP contribution in [0.15, 0.2) is 24.3 Å². The lowest BCUT2D eigenvalue weighted by Crippen LogP contribution is -2.44. The molecule has 2 saturated heterocycles. The quantitative estimate of drug-likeness (QED) is 0.766. The Bertz CT molecular complexity index is 498. The molecule has 3 heteroatoms. The highest BCUT2D eigenvalue weighted by atomic mass is 32.2. The van der Waals surface area contributed by atoms with Crippen LogP contribution in [0.5, 0.6) is 0 Å². The van der Waals surface area contributed by atoms with Gasteiger partial charge in [-0.05, 0) is 81.2 Å². The first-order chi connectivity index (χ1) is 11.7. The number of thioether (sulfide) groups is 1. The van der Waals surface area contributed by atoms with Crippen molar-refractivity contribution in [1.29, 1.82) is 0 Å². The zero-order chi connectivity index (χ0) is 16.8. The van der Waals surface area contributed by atoms with E-state index < -0.39 is 0 Å². The van der Waals surface area contributed by atoms with Crippen molar-refractivity contribution in [3.8, 4) is 0 Å². The summed E-state index contributed by atoms with van der Waals surface area (Å²) in [5.41, 5.74) is 2.97.